The van der Waals surface area contributed by atoms with Gasteiger partial charge in [-0.05, 0) is 55.0 Å². The molecule has 2 fully saturated rings. The average molecular weight is 400 g/mol. The molecule has 1 N–H and O–H groups in total. The second-order valence-electron chi connectivity index (χ2n) is 7.87. The zero-order valence-electron chi connectivity index (χ0n) is 16.2. The van der Waals surface area contributed by atoms with E-state index in [1.54, 1.807) is 7.11 Å². The molecule has 2 aromatic rings. The van der Waals surface area contributed by atoms with Crippen LogP contribution in [-0.2, 0) is 20.4 Å². The van der Waals surface area contributed by atoms with Crippen molar-refractivity contribution in [1.29, 1.82) is 0 Å². The summed E-state index contributed by atoms with van der Waals surface area (Å²) in [4.78, 5) is 13.4. The lowest BCUT2D eigenvalue weighted by atomic mass is 9.73. The number of nitrogens with one attached hydrogen (secondary N) is 1. The Morgan fingerprint density at radius 1 is 1.07 bits per heavy atom. The quantitative estimate of drug-likeness (QED) is 0.790. The van der Waals surface area contributed by atoms with E-state index in [9.17, 15) is 4.79 Å². The van der Waals surface area contributed by atoms with Crippen LogP contribution in [-0.4, -0.2) is 32.8 Å². The van der Waals surface area contributed by atoms with Gasteiger partial charge in [0.15, 0.2) is 0 Å². The Morgan fingerprint density at radius 2 is 1.75 bits per heavy atom. The first-order valence-corrected chi connectivity index (χ1v) is 10.2. The van der Waals surface area contributed by atoms with Crippen LogP contribution in [0, 0.1) is 0 Å². The molecule has 1 heterocycles. The van der Waals surface area contributed by atoms with Crippen LogP contribution in [0.1, 0.15) is 36.8 Å². The van der Waals surface area contributed by atoms with Gasteiger partial charge in [0.1, 0.15) is 5.75 Å². The Kier molecular flexibility index (Phi) is 5.35. The molecule has 1 aliphatic carbocycles. The van der Waals surface area contributed by atoms with Gasteiger partial charge in [0, 0.05) is 30.2 Å². The van der Waals surface area contributed by atoms with E-state index in [0.29, 0.717) is 32.6 Å². The van der Waals surface area contributed by atoms with Gasteiger partial charge in [-0.3, -0.25) is 4.79 Å². The standard InChI is InChI=1S/C23H26ClNO3/c1-27-18-8-6-17(7-9-18)23(12-14-28-15-13-23)21(26)25-16-22(10-11-22)19-4-2-3-5-20(19)24/h2-9H,10-16H2,1H3,(H,25,26). The molecule has 0 bridgehead atoms. The van der Waals surface area contributed by atoms with Gasteiger partial charge in [0.2, 0.25) is 5.91 Å². The number of halogens is 1. The van der Waals surface area contributed by atoms with Gasteiger partial charge in [-0.25, -0.2) is 0 Å². The molecule has 148 valence electrons. The number of methoxy groups -OCH3 is 1. The number of hydrogen-bond acceptors (Lipinski definition) is 3. The van der Waals surface area contributed by atoms with Crippen LogP contribution >= 0.6 is 11.6 Å². The third-order valence-corrected chi connectivity index (χ3v) is 6.64. The van der Waals surface area contributed by atoms with Gasteiger partial charge in [0.25, 0.3) is 0 Å². The Labute approximate surface area is 171 Å². The van der Waals surface area contributed by atoms with E-state index in [1.165, 1.54) is 0 Å². The molecule has 1 aliphatic heterocycles. The van der Waals surface area contributed by atoms with E-state index in [-0.39, 0.29) is 11.3 Å². The molecular formula is C23H26ClNO3. The largest absolute Gasteiger partial charge is 0.497 e. The van der Waals surface area contributed by atoms with Gasteiger partial charge >= 0.3 is 0 Å². The highest BCUT2D eigenvalue weighted by molar-refractivity contribution is 6.31. The molecule has 4 rings (SSSR count). The number of rotatable bonds is 6. The van der Waals surface area contributed by atoms with Crippen molar-refractivity contribution in [2.45, 2.75) is 36.5 Å². The van der Waals surface area contributed by atoms with E-state index >= 15 is 0 Å². The van der Waals surface area contributed by atoms with Gasteiger partial charge in [-0.15, -0.1) is 0 Å². The first-order chi connectivity index (χ1) is 13.6. The maximum absolute atomic E-state index is 13.4. The Hall–Kier alpha value is -2.04. The van der Waals surface area contributed by atoms with Crippen LogP contribution < -0.4 is 10.1 Å². The molecule has 1 saturated carbocycles. The summed E-state index contributed by atoms with van der Waals surface area (Å²) >= 11 is 6.42. The monoisotopic (exact) mass is 399 g/mol. The highest BCUT2D eigenvalue weighted by Crippen LogP contribution is 2.50. The Morgan fingerprint density at radius 3 is 2.36 bits per heavy atom. The smallest absolute Gasteiger partial charge is 0.230 e. The fourth-order valence-corrected chi connectivity index (χ4v) is 4.62. The maximum Gasteiger partial charge on any atom is 0.230 e. The zero-order valence-corrected chi connectivity index (χ0v) is 16.9. The van der Waals surface area contributed by atoms with Gasteiger partial charge in [-0.2, -0.15) is 0 Å². The lowest BCUT2D eigenvalue weighted by Gasteiger charge is -2.37. The van der Waals surface area contributed by atoms with Gasteiger partial charge in [0.05, 0.1) is 12.5 Å². The molecule has 0 radical (unpaired) electrons. The minimum atomic E-state index is -0.554. The molecule has 0 spiro atoms. The van der Waals surface area contributed by atoms with Crippen LogP contribution in [0.15, 0.2) is 48.5 Å². The van der Waals surface area contributed by atoms with Crippen LogP contribution in [0.4, 0.5) is 0 Å². The van der Waals surface area contributed by atoms with Crippen LogP contribution in [0.25, 0.3) is 0 Å². The molecule has 0 atom stereocenters. The average Bonchev–Trinajstić information content (AvgIpc) is 3.54. The molecule has 0 aromatic heterocycles. The summed E-state index contributed by atoms with van der Waals surface area (Å²) in [6.45, 7) is 1.80. The molecule has 4 nitrogen and oxygen atoms in total. The number of carbonyl (C=O) groups excluding carboxylic acids is 1. The maximum atomic E-state index is 13.4. The Bertz CT molecular complexity index is 839. The summed E-state index contributed by atoms with van der Waals surface area (Å²) in [6, 6.07) is 15.8. The predicted octanol–water partition coefficient (Wildman–Crippen LogP) is 4.24. The van der Waals surface area contributed by atoms with E-state index in [2.05, 4.69) is 11.4 Å². The second kappa shape index (κ2) is 7.76. The summed E-state index contributed by atoms with van der Waals surface area (Å²) in [5.41, 5.74) is 1.58. The molecular weight excluding hydrogens is 374 g/mol. The second-order valence-corrected chi connectivity index (χ2v) is 8.27. The molecule has 28 heavy (non-hydrogen) atoms. The highest BCUT2D eigenvalue weighted by atomic mass is 35.5. The molecule has 1 amide bonds. The van der Waals surface area contributed by atoms with Crippen molar-refractivity contribution in [1.82, 2.24) is 5.32 Å². The van der Waals surface area contributed by atoms with Crippen LogP contribution in [0.5, 0.6) is 5.75 Å². The first kappa shape index (κ1) is 19.3. The van der Waals surface area contributed by atoms with Crippen molar-refractivity contribution in [3.05, 3.63) is 64.7 Å². The lowest BCUT2D eigenvalue weighted by molar-refractivity contribution is -0.130. The van der Waals surface area contributed by atoms with Crippen molar-refractivity contribution < 1.29 is 14.3 Å². The summed E-state index contributed by atoms with van der Waals surface area (Å²) < 4.78 is 10.8. The topological polar surface area (TPSA) is 47.6 Å². The van der Waals surface area contributed by atoms with Crippen LogP contribution in [0.2, 0.25) is 5.02 Å². The van der Waals surface area contributed by atoms with Crippen molar-refractivity contribution in [2.24, 2.45) is 0 Å². The van der Waals surface area contributed by atoms with E-state index < -0.39 is 5.41 Å². The Balaban J connectivity index is 1.54. The predicted molar refractivity (Wildman–Crippen MR) is 110 cm³/mol. The highest BCUT2D eigenvalue weighted by Gasteiger charge is 2.48. The van der Waals surface area contributed by atoms with Crippen molar-refractivity contribution in [3.63, 3.8) is 0 Å². The summed E-state index contributed by atoms with van der Waals surface area (Å²) in [6.07, 6.45) is 3.47. The third kappa shape index (κ3) is 3.51. The van der Waals surface area contributed by atoms with Crippen molar-refractivity contribution in [2.75, 3.05) is 26.9 Å². The molecule has 0 unspecified atom stereocenters. The number of hydrogen-bond donors (Lipinski definition) is 1. The fourth-order valence-electron chi connectivity index (χ4n) is 4.28. The SMILES string of the molecule is COc1ccc(C2(C(=O)NCC3(c4ccccc4Cl)CC3)CCOCC2)cc1. The number of ether oxygens (including phenoxy) is 2. The first-order valence-electron chi connectivity index (χ1n) is 9.85. The number of benzene rings is 2. The minimum Gasteiger partial charge on any atom is -0.497 e. The normalized spacial score (nSPS) is 19.6. The molecule has 5 heteroatoms. The van der Waals surface area contributed by atoms with Crippen molar-refractivity contribution >= 4 is 17.5 Å². The zero-order chi connectivity index (χ0) is 19.6. The molecule has 2 aromatic carbocycles. The van der Waals surface area contributed by atoms with E-state index in [1.807, 2.05) is 42.5 Å². The minimum absolute atomic E-state index is 0.0275. The van der Waals surface area contributed by atoms with E-state index in [0.717, 1.165) is 34.7 Å². The fraction of sp³-hybridized carbons (Fsp3) is 0.435. The van der Waals surface area contributed by atoms with E-state index in [4.69, 9.17) is 21.1 Å². The number of carbonyl (C=O) groups is 1. The summed E-state index contributed by atoms with van der Waals surface area (Å²) in [5.74, 6) is 0.876. The summed E-state index contributed by atoms with van der Waals surface area (Å²) in [5, 5.41) is 4.05. The lowest BCUT2D eigenvalue weighted by Crippen LogP contribution is -2.49. The van der Waals surface area contributed by atoms with Gasteiger partial charge in [-0.1, -0.05) is 41.9 Å². The van der Waals surface area contributed by atoms with Crippen LogP contribution in [0.3, 0.4) is 0 Å². The molecule has 1 saturated heterocycles. The summed E-state index contributed by atoms with van der Waals surface area (Å²) in [7, 11) is 1.65. The third-order valence-electron chi connectivity index (χ3n) is 6.31. The van der Waals surface area contributed by atoms with Gasteiger partial charge < -0.3 is 14.8 Å². The number of amides is 1. The van der Waals surface area contributed by atoms with Crippen molar-refractivity contribution in [3.8, 4) is 5.75 Å². The molecule has 2 aliphatic rings.